The van der Waals surface area contributed by atoms with Gasteiger partial charge in [-0.2, -0.15) is 0 Å². The number of rotatable bonds is 5. The highest BCUT2D eigenvalue weighted by atomic mass is 35.5. The molecule has 3 nitrogen and oxygen atoms in total. The third-order valence-corrected chi connectivity index (χ3v) is 3.95. The molecule has 1 aromatic carbocycles. The van der Waals surface area contributed by atoms with Gasteiger partial charge in [-0.05, 0) is 50.9 Å². The van der Waals surface area contributed by atoms with Crippen molar-refractivity contribution >= 4 is 12.4 Å². The van der Waals surface area contributed by atoms with Crippen LogP contribution in [0.2, 0.25) is 0 Å². The summed E-state index contributed by atoms with van der Waals surface area (Å²) >= 11 is 0. The highest BCUT2D eigenvalue weighted by Crippen LogP contribution is 2.24. The van der Waals surface area contributed by atoms with Crippen LogP contribution in [0.4, 0.5) is 4.39 Å². The first kappa shape index (κ1) is 18.2. The van der Waals surface area contributed by atoms with E-state index in [0.717, 1.165) is 25.1 Å². The predicted molar refractivity (Wildman–Crippen MR) is 86.5 cm³/mol. The molecule has 21 heavy (non-hydrogen) atoms. The number of benzene rings is 1. The molecule has 0 radical (unpaired) electrons. The number of hydrogen-bond acceptors (Lipinski definition) is 3. The van der Waals surface area contributed by atoms with Crippen molar-refractivity contribution in [3.63, 3.8) is 0 Å². The number of nitrogens with two attached hydrogens (primary N) is 1. The standard InChI is InChI=1S/C16H25FN2O.ClH/c1-3-20-16-8-7-13(10-14(16)17)11-19-9-5-4-6-15(19)12(2)18;/h7-8,10,12,15H,3-6,9,11,18H2,1-2H3;1H. The third-order valence-electron chi connectivity index (χ3n) is 3.95. The van der Waals surface area contributed by atoms with Gasteiger partial charge in [0.25, 0.3) is 0 Å². The van der Waals surface area contributed by atoms with Crippen molar-refractivity contribution in [2.24, 2.45) is 5.73 Å². The van der Waals surface area contributed by atoms with Crippen LogP contribution in [0.5, 0.6) is 5.75 Å². The van der Waals surface area contributed by atoms with Gasteiger partial charge in [-0.3, -0.25) is 4.90 Å². The van der Waals surface area contributed by atoms with Crippen LogP contribution in [-0.2, 0) is 6.54 Å². The molecule has 0 aromatic heterocycles. The lowest BCUT2D eigenvalue weighted by Crippen LogP contribution is -2.48. The fourth-order valence-electron chi connectivity index (χ4n) is 2.96. The first-order valence-electron chi connectivity index (χ1n) is 7.52. The lowest BCUT2D eigenvalue weighted by atomic mass is 9.96. The van der Waals surface area contributed by atoms with E-state index in [1.54, 1.807) is 12.1 Å². The van der Waals surface area contributed by atoms with Crippen molar-refractivity contribution < 1.29 is 9.13 Å². The largest absolute Gasteiger partial charge is 0.491 e. The van der Waals surface area contributed by atoms with Gasteiger partial charge >= 0.3 is 0 Å². The van der Waals surface area contributed by atoms with Gasteiger partial charge in [0.2, 0.25) is 0 Å². The number of likely N-dealkylation sites (tertiary alicyclic amines) is 1. The quantitative estimate of drug-likeness (QED) is 0.905. The first-order valence-corrected chi connectivity index (χ1v) is 7.52. The molecular formula is C16H26ClFN2O. The zero-order valence-corrected chi connectivity index (χ0v) is 13.7. The summed E-state index contributed by atoms with van der Waals surface area (Å²) in [7, 11) is 0. The van der Waals surface area contributed by atoms with E-state index < -0.39 is 0 Å². The Bertz CT molecular complexity index is 442. The lowest BCUT2D eigenvalue weighted by molar-refractivity contribution is 0.123. The Morgan fingerprint density at radius 2 is 2.19 bits per heavy atom. The molecule has 1 fully saturated rings. The topological polar surface area (TPSA) is 38.5 Å². The zero-order valence-electron chi connectivity index (χ0n) is 12.8. The highest BCUT2D eigenvalue weighted by molar-refractivity contribution is 5.85. The number of ether oxygens (including phenoxy) is 1. The van der Waals surface area contributed by atoms with E-state index in [1.807, 2.05) is 13.0 Å². The van der Waals surface area contributed by atoms with E-state index in [4.69, 9.17) is 10.5 Å². The summed E-state index contributed by atoms with van der Waals surface area (Å²) in [4.78, 5) is 2.38. The van der Waals surface area contributed by atoms with E-state index in [9.17, 15) is 4.39 Å². The maximum Gasteiger partial charge on any atom is 0.165 e. The number of piperidine rings is 1. The van der Waals surface area contributed by atoms with Crippen LogP contribution in [0.25, 0.3) is 0 Å². The molecule has 1 heterocycles. The molecule has 0 spiro atoms. The molecule has 1 aliphatic heterocycles. The Morgan fingerprint density at radius 1 is 1.43 bits per heavy atom. The molecule has 5 heteroatoms. The summed E-state index contributed by atoms with van der Waals surface area (Å²) < 4.78 is 19.1. The molecule has 1 aromatic rings. The Morgan fingerprint density at radius 3 is 2.81 bits per heavy atom. The Kier molecular flexibility index (Phi) is 7.43. The molecular weight excluding hydrogens is 291 g/mol. The van der Waals surface area contributed by atoms with Gasteiger partial charge in [-0.25, -0.2) is 4.39 Å². The molecule has 120 valence electrons. The lowest BCUT2D eigenvalue weighted by Gasteiger charge is -2.38. The minimum atomic E-state index is -0.279. The van der Waals surface area contributed by atoms with Crippen molar-refractivity contribution in [1.29, 1.82) is 0 Å². The molecule has 2 unspecified atom stereocenters. The molecule has 2 rings (SSSR count). The highest BCUT2D eigenvalue weighted by Gasteiger charge is 2.25. The van der Waals surface area contributed by atoms with E-state index in [0.29, 0.717) is 18.4 Å². The normalized spacial score (nSPS) is 20.7. The van der Waals surface area contributed by atoms with Crippen LogP contribution < -0.4 is 10.5 Å². The summed E-state index contributed by atoms with van der Waals surface area (Å²) in [6, 6.07) is 5.80. The van der Waals surface area contributed by atoms with Crippen LogP contribution in [0.15, 0.2) is 18.2 Å². The monoisotopic (exact) mass is 316 g/mol. The summed E-state index contributed by atoms with van der Waals surface area (Å²) in [6.45, 7) is 6.20. The van der Waals surface area contributed by atoms with E-state index in [1.165, 1.54) is 12.8 Å². The van der Waals surface area contributed by atoms with Crippen molar-refractivity contribution in [3.05, 3.63) is 29.6 Å². The average Bonchev–Trinajstić information content (AvgIpc) is 2.42. The number of nitrogens with zero attached hydrogens (tertiary/aromatic N) is 1. The Labute approximate surface area is 133 Å². The second-order valence-corrected chi connectivity index (χ2v) is 5.59. The molecule has 2 N–H and O–H groups in total. The van der Waals surface area contributed by atoms with Gasteiger partial charge < -0.3 is 10.5 Å². The smallest absolute Gasteiger partial charge is 0.165 e. The third kappa shape index (κ3) is 4.83. The van der Waals surface area contributed by atoms with Gasteiger partial charge in [0.15, 0.2) is 11.6 Å². The minimum absolute atomic E-state index is 0. The molecule has 2 atom stereocenters. The summed E-state index contributed by atoms with van der Waals surface area (Å²) in [5.41, 5.74) is 7.05. The average molecular weight is 317 g/mol. The summed E-state index contributed by atoms with van der Waals surface area (Å²) in [5.74, 6) is 0.0531. The van der Waals surface area contributed by atoms with Crippen molar-refractivity contribution in [3.8, 4) is 5.75 Å². The predicted octanol–water partition coefficient (Wildman–Crippen LogP) is 3.35. The van der Waals surface area contributed by atoms with Crippen molar-refractivity contribution in [1.82, 2.24) is 4.90 Å². The summed E-state index contributed by atoms with van der Waals surface area (Å²) in [6.07, 6.45) is 3.57. The SMILES string of the molecule is CCOc1ccc(CN2CCCCC2C(C)N)cc1F.Cl. The second kappa shape index (κ2) is 8.57. The van der Waals surface area contributed by atoms with Crippen LogP contribution >= 0.6 is 12.4 Å². The minimum Gasteiger partial charge on any atom is -0.491 e. The van der Waals surface area contributed by atoms with Crippen LogP contribution in [0, 0.1) is 5.82 Å². The Hall–Kier alpha value is -0.840. The Balaban J connectivity index is 0.00000220. The van der Waals surface area contributed by atoms with E-state index in [-0.39, 0.29) is 24.3 Å². The molecule has 0 amide bonds. The van der Waals surface area contributed by atoms with Gasteiger partial charge in [-0.15, -0.1) is 12.4 Å². The maximum absolute atomic E-state index is 13.9. The van der Waals surface area contributed by atoms with Gasteiger partial charge in [0.1, 0.15) is 0 Å². The molecule has 0 bridgehead atoms. The van der Waals surface area contributed by atoms with Gasteiger partial charge in [0.05, 0.1) is 6.61 Å². The molecule has 0 saturated carbocycles. The van der Waals surface area contributed by atoms with Crippen molar-refractivity contribution in [2.75, 3.05) is 13.2 Å². The number of halogens is 2. The molecule has 1 aliphatic rings. The zero-order chi connectivity index (χ0) is 14.5. The van der Waals surface area contributed by atoms with Gasteiger partial charge in [-0.1, -0.05) is 12.5 Å². The molecule has 0 aliphatic carbocycles. The number of hydrogen-bond donors (Lipinski definition) is 1. The fraction of sp³-hybridized carbons (Fsp3) is 0.625. The van der Waals surface area contributed by atoms with Crippen LogP contribution in [-0.4, -0.2) is 30.1 Å². The van der Waals surface area contributed by atoms with Crippen LogP contribution in [0.3, 0.4) is 0 Å². The fourth-order valence-corrected chi connectivity index (χ4v) is 2.96. The van der Waals surface area contributed by atoms with E-state index >= 15 is 0 Å². The molecule has 1 saturated heterocycles. The van der Waals surface area contributed by atoms with E-state index in [2.05, 4.69) is 11.8 Å². The van der Waals surface area contributed by atoms with Gasteiger partial charge in [0, 0.05) is 18.6 Å². The first-order chi connectivity index (χ1) is 9.61. The second-order valence-electron chi connectivity index (χ2n) is 5.59. The maximum atomic E-state index is 13.9. The van der Waals surface area contributed by atoms with Crippen molar-refractivity contribution in [2.45, 2.75) is 51.7 Å². The summed E-state index contributed by atoms with van der Waals surface area (Å²) in [5, 5.41) is 0. The van der Waals surface area contributed by atoms with Crippen LogP contribution in [0.1, 0.15) is 38.7 Å².